The highest BCUT2D eigenvalue weighted by Crippen LogP contribution is 2.30. The number of aryl methyl sites for hydroxylation is 1. The van der Waals surface area contributed by atoms with Gasteiger partial charge in [0.25, 0.3) is 0 Å². The number of rotatable bonds is 1. The van der Waals surface area contributed by atoms with Crippen molar-refractivity contribution in [1.82, 2.24) is 4.90 Å². The zero-order chi connectivity index (χ0) is 11.6. The number of hydrogen-bond acceptors (Lipinski definition) is 3. The molecule has 0 aliphatic rings. The molecular formula is C10H12ClNO2S. The molecule has 82 valence electrons. The third-order valence-corrected chi connectivity index (χ3v) is 2.59. The van der Waals surface area contributed by atoms with Crippen LogP contribution in [0.4, 0.5) is 4.79 Å². The molecule has 0 atom stereocenters. The van der Waals surface area contributed by atoms with Crippen molar-refractivity contribution in [2.75, 3.05) is 14.1 Å². The molecule has 0 aliphatic carbocycles. The van der Waals surface area contributed by atoms with E-state index >= 15 is 0 Å². The van der Waals surface area contributed by atoms with Gasteiger partial charge in [-0.25, -0.2) is 4.79 Å². The van der Waals surface area contributed by atoms with E-state index in [4.69, 9.17) is 16.3 Å². The first-order valence-electron chi connectivity index (χ1n) is 4.30. The van der Waals surface area contributed by atoms with Gasteiger partial charge < -0.3 is 9.64 Å². The van der Waals surface area contributed by atoms with Crippen molar-refractivity contribution in [3.8, 4) is 5.75 Å². The molecule has 0 saturated carbocycles. The van der Waals surface area contributed by atoms with Gasteiger partial charge in [-0.05, 0) is 24.6 Å². The molecular weight excluding hydrogens is 234 g/mol. The van der Waals surface area contributed by atoms with E-state index in [9.17, 15) is 4.79 Å². The summed E-state index contributed by atoms with van der Waals surface area (Å²) >= 11 is 10.1. The van der Waals surface area contributed by atoms with Crippen LogP contribution >= 0.6 is 24.2 Å². The minimum atomic E-state index is -0.464. The number of halogens is 1. The Morgan fingerprint density at radius 1 is 1.47 bits per heavy atom. The lowest BCUT2D eigenvalue weighted by atomic mass is 10.2. The Morgan fingerprint density at radius 2 is 2.07 bits per heavy atom. The third kappa shape index (κ3) is 3.04. The Hall–Kier alpha value is -0.870. The summed E-state index contributed by atoms with van der Waals surface area (Å²) in [5, 5.41) is 0.403. The number of carbonyl (C=O) groups is 1. The normalized spacial score (nSPS) is 9.93. The molecule has 1 aromatic rings. The number of benzene rings is 1. The van der Waals surface area contributed by atoms with Crippen LogP contribution in [0.3, 0.4) is 0 Å². The highest BCUT2D eigenvalue weighted by molar-refractivity contribution is 7.80. The zero-order valence-electron chi connectivity index (χ0n) is 8.74. The van der Waals surface area contributed by atoms with Gasteiger partial charge in [0.15, 0.2) is 5.75 Å². The van der Waals surface area contributed by atoms with Crippen LogP contribution in [0, 0.1) is 6.92 Å². The fraction of sp³-hybridized carbons (Fsp3) is 0.300. The van der Waals surface area contributed by atoms with E-state index in [0.29, 0.717) is 10.8 Å². The molecule has 15 heavy (non-hydrogen) atoms. The van der Waals surface area contributed by atoms with Crippen LogP contribution in [-0.4, -0.2) is 25.1 Å². The van der Waals surface area contributed by atoms with Crippen LogP contribution in [-0.2, 0) is 0 Å². The zero-order valence-corrected chi connectivity index (χ0v) is 10.4. The van der Waals surface area contributed by atoms with Crippen LogP contribution in [0.1, 0.15) is 5.56 Å². The van der Waals surface area contributed by atoms with Gasteiger partial charge >= 0.3 is 6.09 Å². The molecule has 0 unspecified atom stereocenters. The quantitative estimate of drug-likeness (QED) is 0.771. The second-order valence-electron chi connectivity index (χ2n) is 3.33. The number of thiol groups is 1. The fourth-order valence-electron chi connectivity index (χ4n) is 0.906. The van der Waals surface area contributed by atoms with Crippen molar-refractivity contribution in [3.05, 3.63) is 22.7 Å². The summed E-state index contributed by atoms with van der Waals surface area (Å²) in [5.41, 5.74) is 0.938. The largest absolute Gasteiger partial charge is 0.414 e. The summed E-state index contributed by atoms with van der Waals surface area (Å²) in [4.78, 5) is 13.3. The maximum absolute atomic E-state index is 11.3. The number of hydrogen-bond donors (Lipinski definition) is 1. The molecule has 0 spiro atoms. The Morgan fingerprint density at radius 3 is 2.60 bits per heavy atom. The van der Waals surface area contributed by atoms with Gasteiger partial charge in [-0.15, -0.1) is 12.6 Å². The van der Waals surface area contributed by atoms with Crippen LogP contribution < -0.4 is 4.74 Å². The van der Waals surface area contributed by atoms with Crippen LogP contribution in [0.2, 0.25) is 5.02 Å². The number of nitrogens with zero attached hydrogens (tertiary/aromatic N) is 1. The monoisotopic (exact) mass is 245 g/mol. The minimum Gasteiger partial charge on any atom is -0.409 e. The maximum Gasteiger partial charge on any atom is 0.414 e. The van der Waals surface area contributed by atoms with Gasteiger partial charge in [-0.3, -0.25) is 0 Å². The van der Waals surface area contributed by atoms with Crippen molar-refractivity contribution in [1.29, 1.82) is 0 Å². The lowest BCUT2D eigenvalue weighted by Gasteiger charge is -2.12. The third-order valence-electron chi connectivity index (χ3n) is 1.81. The maximum atomic E-state index is 11.3. The predicted molar refractivity (Wildman–Crippen MR) is 63.2 cm³/mol. The molecule has 1 aromatic carbocycles. The first-order chi connectivity index (χ1) is 6.91. The van der Waals surface area contributed by atoms with Crippen LogP contribution in [0.15, 0.2) is 17.0 Å². The van der Waals surface area contributed by atoms with E-state index in [-0.39, 0.29) is 0 Å². The summed E-state index contributed by atoms with van der Waals surface area (Å²) in [5.74, 6) is 0.325. The first-order valence-corrected chi connectivity index (χ1v) is 5.12. The molecule has 1 amide bonds. The smallest absolute Gasteiger partial charge is 0.409 e. The summed E-state index contributed by atoms with van der Waals surface area (Å²) < 4.78 is 5.05. The van der Waals surface area contributed by atoms with Crippen LogP contribution in [0.5, 0.6) is 5.75 Å². The molecule has 0 fully saturated rings. The minimum absolute atomic E-state index is 0.325. The van der Waals surface area contributed by atoms with Gasteiger partial charge in [0.1, 0.15) is 0 Å². The molecule has 0 bridgehead atoms. The van der Waals surface area contributed by atoms with Gasteiger partial charge in [0, 0.05) is 19.0 Å². The van der Waals surface area contributed by atoms with Crippen molar-refractivity contribution in [3.63, 3.8) is 0 Å². The Balaban J connectivity index is 2.96. The summed E-state index contributed by atoms with van der Waals surface area (Å²) in [7, 11) is 3.21. The van der Waals surface area contributed by atoms with Gasteiger partial charge in [0.05, 0.1) is 5.02 Å². The van der Waals surface area contributed by atoms with E-state index in [1.54, 1.807) is 26.2 Å². The highest BCUT2D eigenvalue weighted by atomic mass is 35.5. The average Bonchev–Trinajstić information content (AvgIpc) is 2.13. The molecule has 1 rings (SSSR count). The van der Waals surface area contributed by atoms with E-state index in [1.807, 2.05) is 6.92 Å². The van der Waals surface area contributed by atoms with Crippen molar-refractivity contribution < 1.29 is 9.53 Å². The van der Waals surface area contributed by atoms with E-state index in [2.05, 4.69) is 12.6 Å². The summed E-state index contributed by atoms with van der Waals surface area (Å²) in [6.45, 7) is 1.88. The van der Waals surface area contributed by atoms with E-state index in [1.165, 1.54) is 4.90 Å². The molecule has 0 N–H and O–H groups in total. The molecule has 0 heterocycles. The van der Waals surface area contributed by atoms with Gasteiger partial charge in [-0.1, -0.05) is 11.6 Å². The van der Waals surface area contributed by atoms with E-state index < -0.39 is 6.09 Å². The topological polar surface area (TPSA) is 29.5 Å². The first kappa shape index (κ1) is 12.2. The molecule has 3 nitrogen and oxygen atoms in total. The average molecular weight is 246 g/mol. The van der Waals surface area contributed by atoms with Gasteiger partial charge in [-0.2, -0.15) is 0 Å². The van der Waals surface area contributed by atoms with E-state index in [0.717, 1.165) is 10.5 Å². The molecule has 5 heteroatoms. The summed E-state index contributed by atoms with van der Waals surface area (Å²) in [6.07, 6.45) is -0.464. The molecule has 0 radical (unpaired) electrons. The molecule has 0 aliphatic heterocycles. The molecule has 0 aromatic heterocycles. The Bertz CT molecular complexity index is 393. The molecule has 0 saturated heterocycles. The lowest BCUT2D eigenvalue weighted by Crippen LogP contribution is -2.25. The second-order valence-corrected chi connectivity index (χ2v) is 4.22. The van der Waals surface area contributed by atoms with Crippen molar-refractivity contribution in [2.24, 2.45) is 0 Å². The fourth-order valence-corrected chi connectivity index (χ4v) is 1.34. The van der Waals surface area contributed by atoms with Crippen molar-refractivity contribution in [2.45, 2.75) is 11.8 Å². The number of carbonyl (C=O) groups excluding carboxylic acids is 1. The summed E-state index contributed by atoms with van der Waals surface area (Å²) in [6, 6.07) is 3.34. The number of amides is 1. The van der Waals surface area contributed by atoms with Gasteiger partial charge in [0.2, 0.25) is 0 Å². The highest BCUT2D eigenvalue weighted by Gasteiger charge is 2.11. The van der Waals surface area contributed by atoms with Crippen LogP contribution in [0.25, 0.3) is 0 Å². The SMILES string of the molecule is Cc1cc(Cl)c(OC(=O)N(C)C)cc1S. The lowest BCUT2D eigenvalue weighted by molar-refractivity contribution is 0.172. The second kappa shape index (κ2) is 4.77. The Labute approximate surface area is 99.4 Å². The number of ether oxygens (including phenoxy) is 1. The predicted octanol–water partition coefficient (Wildman–Crippen LogP) is 3.00. The standard InChI is InChI=1S/C10H12ClNO2S/c1-6-4-7(11)8(5-9(6)15)14-10(13)12(2)3/h4-5,15H,1-3H3. The Kier molecular flexibility index (Phi) is 3.88. The van der Waals surface area contributed by atoms with Crippen molar-refractivity contribution >= 4 is 30.3 Å².